The molecule has 0 N–H and O–H groups in total. The van der Waals surface area contributed by atoms with Crippen molar-refractivity contribution in [2.24, 2.45) is 0 Å². The monoisotopic (exact) mass is 487 g/mol. The molecule has 0 amide bonds. The Labute approximate surface area is 201 Å². The van der Waals surface area contributed by atoms with E-state index in [-0.39, 0.29) is 0 Å². The first-order valence-electron chi connectivity index (χ1n) is 12.6. The minimum absolute atomic E-state index is 0.298. The van der Waals surface area contributed by atoms with E-state index in [1.165, 1.54) is 37.7 Å². The Morgan fingerprint density at radius 1 is 0.806 bits per heavy atom. The standard InChI is InChI=1S/C26H41Si2.2CH3.Ti/c1-19-15-24(27(6,7)8)17-25(16-19)28(9,23-13-11-10-12-14-23)26(5)18-20(2)21(3)22(26)4;;;/h15-17,23H,10-14H2,1-9H3;2*1H3;. The Bertz CT molecular complexity index is 911. The first kappa shape index (κ1) is 25.5. The van der Waals surface area contributed by atoms with Gasteiger partial charge in [0.25, 0.3) is 0 Å². The second-order valence-corrected chi connectivity index (χ2v) is 26.0. The van der Waals surface area contributed by atoms with Crippen molar-refractivity contribution >= 4 is 26.5 Å². The Kier molecular flexibility index (Phi) is 7.31. The number of rotatable bonds is 5. The predicted octanol–water partition coefficient (Wildman–Crippen LogP) is 8.26. The number of hydrogen-bond acceptors (Lipinski definition) is 0. The van der Waals surface area contributed by atoms with Crippen LogP contribution in [0.15, 0.2) is 38.8 Å². The van der Waals surface area contributed by atoms with Gasteiger partial charge >= 0.3 is 203 Å². The quantitative estimate of drug-likeness (QED) is 0.367. The first-order valence-corrected chi connectivity index (χ1v) is 22.6. The molecule has 1 fully saturated rings. The average molecular weight is 488 g/mol. The van der Waals surface area contributed by atoms with Crippen LogP contribution in [0.5, 0.6) is 0 Å². The van der Waals surface area contributed by atoms with Crippen LogP contribution in [0, 0.1) is 6.92 Å². The van der Waals surface area contributed by atoms with E-state index in [1.807, 2.05) is 3.88 Å². The van der Waals surface area contributed by atoms with Crippen LogP contribution in [0.25, 0.3) is 0 Å². The third-order valence-electron chi connectivity index (χ3n) is 9.25. The zero-order chi connectivity index (χ0) is 23.4. The molecular formula is C28H47Si2Ti. The maximum atomic E-state index is 2.82. The Hall–Kier alpha value is -0.152. The molecule has 0 nitrogen and oxygen atoms in total. The molecule has 2 aliphatic carbocycles. The molecule has 1 saturated carbocycles. The van der Waals surface area contributed by atoms with E-state index in [2.05, 4.69) is 89.5 Å². The van der Waals surface area contributed by atoms with E-state index in [0.717, 1.165) is 5.54 Å². The van der Waals surface area contributed by atoms with Crippen LogP contribution in [0.1, 0.15) is 65.4 Å². The zero-order valence-electron chi connectivity index (χ0n) is 22.3. The summed E-state index contributed by atoms with van der Waals surface area (Å²) in [4.78, 5) is 0. The number of aryl methyl sites for hydroxylation is 1. The van der Waals surface area contributed by atoms with Crippen molar-refractivity contribution in [1.29, 1.82) is 0 Å². The molecule has 0 heterocycles. The fraction of sp³-hybridized carbons (Fsp3) is 0.643. The summed E-state index contributed by atoms with van der Waals surface area (Å²) in [5.74, 6) is 0. The van der Waals surface area contributed by atoms with E-state index >= 15 is 0 Å². The van der Waals surface area contributed by atoms with Gasteiger partial charge in [-0.3, -0.25) is 0 Å². The van der Waals surface area contributed by atoms with E-state index in [9.17, 15) is 0 Å². The van der Waals surface area contributed by atoms with Crippen LogP contribution >= 0.6 is 0 Å². The van der Waals surface area contributed by atoms with Gasteiger partial charge < -0.3 is 0 Å². The van der Waals surface area contributed by atoms with Crippen LogP contribution < -0.4 is 10.4 Å². The topological polar surface area (TPSA) is 0 Å². The van der Waals surface area contributed by atoms with Crippen LogP contribution in [0.3, 0.4) is 0 Å². The van der Waals surface area contributed by atoms with Crippen molar-refractivity contribution in [3.05, 3.63) is 44.4 Å². The molecule has 0 bridgehead atoms. The Morgan fingerprint density at radius 3 is 1.87 bits per heavy atom. The Balaban J connectivity index is 2.36. The van der Waals surface area contributed by atoms with Crippen molar-refractivity contribution in [1.82, 2.24) is 0 Å². The van der Waals surface area contributed by atoms with Gasteiger partial charge in [0.2, 0.25) is 0 Å². The van der Waals surface area contributed by atoms with E-state index in [0.29, 0.717) is 5.04 Å². The van der Waals surface area contributed by atoms with Gasteiger partial charge in [0.05, 0.1) is 0 Å². The van der Waals surface area contributed by atoms with Gasteiger partial charge in [-0.15, -0.1) is 0 Å². The predicted molar refractivity (Wildman–Crippen MR) is 143 cm³/mol. The summed E-state index contributed by atoms with van der Waals surface area (Å²) in [6.07, 6.45) is 7.24. The zero-order valence-corrected chi connectivity index (χ0v) is 25.9. The molecule has 31 heavy (non-hydrogen) atoms. The summed E-state index contributed by atoms with van der Waals surface area (Å²) in [5, 5.41) is 8.97. The second-order valence-electron chi connectivity index (χ2n) is 12.2. The van der Waals surface area contributed by atoms with Gasteiger partial charge in [-0.2, -0.15) is 0 Å². The summed E-state index contributed by atoms with van der Waals surface area (Å²) < 4.78 is 1.93. The second kappa shape index (κ2) is 8.89. The van der Waals surface area contributed by atoms with E-state index in [4.69, 9.17) is 0 Å². The van der Waals surface area contributed by atoms with E-state index in [1.54, 1.807) is 27.1 Å². The fourth-order valence-corrected chi connectivity index (χ4v) is 20.1. The SMILES string of the molecule is CC1=C(C)C(C)([Si](C)(c2cc(C)cc([Si](C)(C)C)c2)C2CCCCC2)[C]([Ti]([CH3])[CH3])=C1C. The number of benzene rings is 1. The normalized spacial score (nSPS) is 25.3. The van der Waals surface area contributed by atoms with Crippen molar-refractivity contribution in [3.8, 4) is 0 Å². The van der Waals surface area contributed by atoms with Gasteiger partial charge in [-0.1, -0.05) is 0 Å². The molecule has 2 atom stereocenters. The molecule has 0 saturated heterocycles. The number of hydrogen-bond donors (Lipinski definition) is 0. The third kappa shape index (κ3) is 4.13. The molecule has 171 valence electrons. The fourth-order valence-electron chi connectivity index (χ4n) is 7.06. The molecule has 3 rings (SSSR count). The van der Waals surface area contributed by atoms with Gasteiger partial charge in [0.1, 0.15) is 0 Å². The van der Waals surface area contributed by atoms with Crippen LogP contribution in [-0.2, 0) is 17.9 Å². The molecular weight excluding hydrogens is 440 g/mol. The first-order chi connectivity index (χ1) is 14.3. The van der Waals surface area contributed by atoms with Gasteiger partial charge in [-0.25, -0.2) is 0 Å². The summed E-state index contributed by atoms with van der Waals surface area (Å²) in [6, 6.07) is 7.87. The van der Waals surface area contributed by atoms with Crippen molar-refractivity contribution < 1.29 is 17.9 Å². The van der Waals surface area contributed by atoms with E-state index < -0.39 is 34.0 Å². The molecule has 0 spiro atoms. The summed E-state index contributed by atoms with van der Waals surface area (Å²) in [7, 11) is -3.24. The average Bonchev–Trinajstić information content (AvgIpc) is 2.88. The van der Waals surface area contributed by atoms with Crippen LogP contribution in [0.2, 0.25) is 47.2 Å². The third-order valence-corrected chi connectivity index (χ3v) is 21.0. The molecule has 2 unspecified atom stereocenters. The van der Waals surface area contributed by atoms with Crippen molar-refractivity contribution in [3.63, 3.8) is 0 Å². The molecule has 1 aromatic carbocycles. The molecule has 0 radical (unpaired) electrons. The molecule has 3 heteroatoms. The van der Waals surface area contributed by atoms with Crippen molar-refractivity contribution in [2.45, 2.75) is 114 Å². The van der Waals surface area contributed by atoms with Gasteiger partial charge in [-0.05, 0) is 0 Å². The maximum absolute atomic E-state index is 2.82. The van der Waals surface area contributed by atoms with Gasteiger partial charge in [0, 0.05) is 0 Å². The molecule has 1 aromatic rings. The van der Waals surface area contributed by atoms with Crippen LogP contribution in [-0.4, -0.2) is 16.1 Å². The summed E-state index contributed by atoms with van der Waals surface area (Å²) in [6.45, 7) is 22.9. The van der Waals surface area contributed by atoms with Crippen molar-refractivity contribution in [2.75, 3.05) is 0 Å². The summed E-state index contributed by atoms with van der Waals surface area (Å²) >= 11 is -1.25. The number of allylic oxidation sites excluding steroid dienone is 4. The van der Waals surface area contributed by atoms with Gasteiger partial charge in [0.15, 0.2) is 0 Å². The molecule has 2 aliphatic rings. The molecule has 0 aliphatic heterocycles. The van der Waals surface area contributed by atoms with Crippen LogP contribution in [0.4, 0.5) is 0 Å². The Morgan fingerprint density at radius 2 is 1.35 bits per heavy atom. The molecule has 0 aromatic heterocycles. The minimum atomic E-state index is -1.88. The summed E-state index contributed by atoms with van der Waals surface area (Å²) in [5.41, 5.74) is 7.43.